The van der Waals surface area contributed by atoms with Gasteiger partial charge in [-0.2, -0.15) is 0 Å². The SMILES string of the molecule is CCC(=C(c1ccc(O)cc1)c1ccc(OCCNC)cc1)c1ccc(O)cc1. The third-order valence-corrected chi connectivity index (χ3v) is 4.79. The number of rotatable bonds is 8. The summed E-state index contributed by atoms with van der Waals surface area (Å²) in [5, 5.41) is 22.5. The van der Waals surface area contributed by atoms with Crippen molar-refractivity contribution < 1.29 is 14.9 Å². The number of allylic oxidation sites excluding steroid dienone is 1. The van der Waals surface area contributed by atoms with Gasteiger partial charge >= 0.3 is 0 Å². The molecule has 0 radical (unpaired) electrons. The van der Waals surface area contributed by atoms with Crippen LogP contribution in [0.2, 0.25) is 0 Å². The van der Waals surface area contributed by atoms with E-state index in [4.69, 9.17) is 4.74 Å². The van der Waals surface area contributed by atoms with Crippen molar-refractivity contribution in [2.24, 2.45) is 0 Å². The standard InChI is InChI=1S/C25H27NO3/c1-3-24(18-4-10-21(27)11-5-18)25(19-6-12-22(28)13-7-19)20-8-14-23(15-9-20)29-17-16-26-2/h4-15,26-28H,3,16-17H2,1-2H3. The number of likely N-dealkylation sites (N-methyl/N-ethyl adjacent to an activating group) is 1. The minimum Gasteiger partial charge on any atom is -0.508 e. The van der Waals surface area contributed by atoms with Gasteiger partial charge in [0.25, 0.3) is 0 Å². The average molecular weight is 389 g/mol. The molecule has 0 atom stereocenters. The lowest BCUT2D eigenvalue weighted by atomic mass is 9.88. The zero-order valence-corrected chi connectivity index (χ0v) is 16.9. The Hall–Kier alpha value is -3.24. The van der Waals surface area contributed by atoms with E-state index in [1.54, 1.807) is 24.3 Å². The Kier molecular flexibility index (Phi) is 6.93. The van der Waals surface area contributed by atoms with Crippen molar-refractivity contribution in [2.75, 3.05) is 20.2 Å². The Morgan fingerprint density at radius 1 is 0.759 bits per heavy atom. The van der Waals surface area contributed by atoms with Gasteiger partial charge in [-0.15, -0.1) is 0 Å². The minimum absolute atomic E-state index is 0.240. The Balaban J connectivity index is 2.07. The average Bonchev–Trinajstić information content (AvgIpc) is 2.75. The number of benzene rings is 3. The van der Waals surface area contributed by atoms with E-state index in [1.165, 1.54) is 5.57 Å². The summed E-state index contributed by atoms with van der Waals surface area (Å²) in [7, 11) is 1.90. The van der Waals surface area contributed by atoms with E-state index in [2.05, 4.69) is 24.4 Å². The normalized spacial score (nSPS) is 11.8. The lowest BCUT2D eigenvalue weighted by Gasteiger charge is -2.17. The van der Waals surface area contributed by atoms with Crippen molar-refractivity contribution >= 4 is 11.1 Å². The number of ether oxygens (including phenoxy) is 1. The molecular formula is C25H27NO3. The summed E-state index contributed by atoms with van der Waals surface area (Å²) in [6.45, 7) is 3.53. The highest BCUT2D eigenvalue weighted by Gasteiger charge is 2.13. The van der Waals surface area contributed by atoms with E-state index in [1.807, 2.05) is 43.4 Å². The molecule has 0 aliphatic rings. The number of aromatic hydroxyl groups is 2. The van der Waals surface area contributed by atoms with Crippen LogP contribution in [-0.2, 0) is 0 Å². The molecule has 3 N–H and O–H groups in total. The predicted octanol–water partition coefficient (Wildman–Crippen LogP) is 5.07. The summed E-state index contributed by atoms with van der Waals surface area (Å²) in [6.07, 6.45) is 0.821. The van der Waals surface area contributed by atoms with Crippen LogP contribution in [0.4, 0.5) is 0 Å². The summed E-state index contributed by atoms with van der Waals surface area (Å²) in [5.74, 6) is 1.32. The van der Waals surface area contributed by atoms with E-state index in [-0.39, 0.29) is 11.5 Å². The first-order valence-electron chi connectivity index (χ1n) is 9.82. The van der Waals surface area contributed by atoms with Crippen LogP contribution >= 0.6 is 0 Å². The maximum atomic E-state index is 9.73. The summed E-state index contributed by atoms with van der Waals surface area (Å²) in [4.78, 5) is 0. The van der Waals surface area contributed by atoms with Gasteiger partial charge in [0.15, 0.2) is 0 Å². The van der Waals surface area contributed by atoms with Gasteiger partial charge in [-0.25, -0.2) is 0 Å². The van der Waals surface area contributed by atoms with Crippen molar-refractivity contribution in [1.82, 2.24) is 5.32 Å². The van der Waals surface area contributed by atoms with Gasteiger partial charge in [-0.3, -0.25) is 0 Å². The van der Waals surface area contributed by atoms with Crippen molar-refractivity contribution in [3.8, 4) is 17.2 Å². The second-order valence-corrected chi connectivity index (χ2v) is 6.78. The first-order chi connectivity index (χ1) is 14.1. The zero-order valence-electron chi connectivity index (χ0n) is 16.9. The van der Waals surface area contributed by atoms with E-state index >= 15 is 0 Å². The third kappa shape index (κ3) is 5.18. The fraction of sp³-hybridized carbons (Fsp3) is 0.200. The molecule has 4 nitrogen and oxygen atoms in total. The zero-order chi connectivity index (χ0) is 20.6. The number of phenols is 2. The quantitative estimate of drug-likeness (QED) is 0.372. The van der Waals surface area contributed by atoms with Gasteiger partial charge < -0.3 is 20.3 Å². The molecule has 0 unspecified atom stereocenters. The van der Waals surface area contributed by atoms with Crippen molar-refractivity contribution in [2.45, 2.75) is 13.3 Å². The highest BCUT2D eigenvalue weighted by atomic mass is 16.5. The molecule has 3 aromatic carbocycles. The van der Waals surface area contributed by atoms with Gasteiger partial charge in [-0.1, -0.05) is 43.3 Å². The minimum atomic E-state index is 0.240. The van der Waals surface area contributed by atoms with Crippen LogP contribution in [-0.4, -0.2) is 30.4 Å². The van der Waals surface area contributed by atoms with E-state index < -0.39 is 0 Å². The molecule has 0 amide bonds. The Labute approximate surface area is 172 Å². The Morgan fingerprint density at radius 2 is 1.24 bits per heavy atom. The second-order valence-electron chi connectivity index (χ2n) is 6.78. The predicted molar refractivity (Wildman–Crippen MR) is 118 cm³/mol. The summed E-state index contributed by atoms with van der Waals surface area (Å²) < 4.78 is 5.75. The molecule has 3 rings (SSSR count). The summed E-state index contributed by atoms with van der Waals surface area (Å²) in [5.41, 5.74) is 5.42. The molecule has 0 fully saturated rings. The van der Waals surface area contributed by atoms with Gasteiger partial charge in [0, 0.05) is 6.54 Å². The lowest BCUT2D eigenvalue weighted by molar-refractivity contribution is 0.318. The van der Waals surface area contributed by atoms with Gasteiger partial charge in [-0.05, 0) is 77.7 Å². The fourth-order valence-corrected chi connectivity index (χ4v) is 3.32. The first kappa shape index (κ1) is 20.5. The highest BCUT2D eigenvalue weighted by molar-refractivity contribution is 5.98. The maximum absolute atomic E-state index is 9.73. The second kappa shape index (κ2) is 9.80. The molecule has 0 aliphatic heterocycles. The molecule has 0 spiro atoms. The van der Waals surface area contributed by atoms with Crippen molar-refractivity contribution in [3.63, 3.8) is 0 Å². The largest absolute Gasteiger partial charge is 0.508 e. The Morgan fingerprint density at radius 3 is 1.72 bits per heavy atom. The number of phenolic OH excluding ortho intramolecular Hbond substituents is 2. The number of hydrogen-bond donors (Lipinski definition) is 3. The topological polar surface area (TPSA) is 61.7 Å². The summed E-state index contributed by atoms with van der Waals surface area (Å²) >= 11 is 0. The van der Waals surface area contributed by atoms with Crippen LogP contribution in [0, 0.1) is 0 Å². The molecule has 0 heterocycles. The van der Waals surface area contributed by atoms with Gasteiger partial charge in [0.1, 0.15) is 23.9 Å². The van der Waals surface area contributed by atoms with Crippen LogP contribution < -0.4 is 10.1 Å². The first-order valence-corrected chi connectivity index (χ1v) is 9.82. The van der Waals surface area contributed by atoms with Crippen LogP contribution in [0.25, 0.3) is 11.1 Å². The van der Waals surface area contributed by atoms with E-state index in [0.717, 1.165) is 41.0 Å². The van der Waals surface area contributed by atoms with E-state index in [9.17, 15) is 10.2 Å². The molecular weight excluding hydrogens is 362 g/mol. The maximum Gasteiger partial charge on any atom is 0.119 e. The molecule has 0 saturated heterocycles. The lowest BCUT2D eigenvalue weighted by Crippen LogP contribution is -2.15. The van der Waals surface area contributed by atoms with Crippen LogP contribution in [0.15, 0.2) is 72.8 Å². The van der Waals surface area contributed by atoms with Gasteiger partial charge in [0.2, 0.25) is 0 Å². The third-order valence-electron chi connectivity index (χ3n) is 4.79. The van der Waals surface area contributed by atoms with Crippen molar-refractivity contribution in [3.05, 3.63) is 89.5 Å². The van der Waals surface area contributed by atoms with Crippen molar-refractivity contribution in [1.29, 1.82) is 0 Å². The molecule has 29 heavy (non-hydrogen) atoms. The monoisotopic (exact) mass is 389 g/mol. The number of nitrogens with one attached hydrogen (secondary N) is 1. The molecule has 0 aliphatic carbocycles. The van der Waals surface area contributed by atoms with Crippen LogP contribution in [0.3, 0.4) is 0 Å². The van der Waals surface area contributed by atoms with Gasteiger partial charge in [0.05, 0.1) is 0 Å². The van der Waals surface area contributed by atoms with E-state index in [0.29, 0.717) is 6.61 Å². The van der Waals surface area contributed by atoms with Crippen LogP contribution in [0.5, 0.6) is 17.2 Å². The molecule has 3 aromatic rings. The summed E-state index contributed by atoms with van der Waals surface area (Å²) in [6, 6.07) is 22.6. The fourth-order valence-electron chi connectivity index (χ4n) is 3.32. The molecule has 0 bridgehead atoms. The molecule has 0 aromatic heterocycles. The molecule has 0 saturated carbocycles. The highest BCUT2D eigenvalue weighted by Crippen LogP contribution is 2.36. The van der Waals surface area contributed by atoms with Crippen LogP contribution in [0.1, 0.15) is 30.0 Å². The Bertz CT molecular complexity index is 943. The molecule has 150 valence electrons. The number of hydrogen-bond acceptors (Lipinski definition) is 4. The molecule has 4 heteroatoms. The smallest absolute Gasteiger partial charge is 0.119 e.